The van der Waals surface area contributed by atoms with Crippen molar-refractivity contribution in [2.75, 3.05) is 36.5 Å². The smallest absolute Gasteiger partial charge is 0.316 e. The lowest BCUT2D eigenvalue weighted by atomic mass is 10.1. The molecule has 0 radical (unpaired) electrons. The van der Waals surface area contributed by atoms with E-state index in [0.717, 1.165) is 18.8 Å². The van der Waals surface area contributed by atoms with E-state index < -0.39 is 8.32 Å². The fourth-order valence-electron chi connectivity index (χ4n) is 3.79. The van der Waals surface area contributed by atoms with Gasteiger partial charge in [0, 0.05) is 43.5 Å². The molecule has 0 saturated carbocycles. The Kier molecular flexibility index (Phi) is 5.98. The van der Waals surface area contributed by atoms with E-state index in [1.807, 2.05) is 11.1 Å². The molecular weight excluding hydrogens is 425 g/mol. The molecular formula is C23H32FN5O2Si. The molecule has 1 fully saturated rings. The van der Waals surface area contributed by atoms with E-state index in [1.165, 1.54) is 5.57 Å². The summed E-state index contributed by atoms with van der Waals surface area (Å²) in [4.78, 5) is 16.9. The summed E-state index contributed by atoms with van der Waals surface area (Å²) in [7, 11) is -0.408. The van der Waals surface area contributed by atoms with Gasteiger partial charge in [-0.3, -0.25) is 0 Å². The second kappa shape index (κ2) is 8.44. The minimum absolute atomic E-state index is 0.0803. The number of pyridine rings is 1. The summed E-state index contributed by atoms with van der Waals surface area (Å²) < 4.78 is 26.6. The van der Waals surface area contributed by atoms with Crippen LogP contribution in [0, 0.1) is 11.7 Å². The van der Waals surface area contributed by atoms with Crippen LogP contribution in [0.25, 0.3) is 0 Å². The minimum atomic E-state index is -1.96. The lowest BCUT2D eigenvalue weighted by molar-refractivity contribution is 0.271. The zero-order valence-electron chi connectivity index (χ0n) is 19.7. The maximum absolute atomic E-state index is 15.3. The summed E-state index contributed by atoms with van der Waals surface area (Å²) >= 11 is 0. The highest BCUT2D eigenvalue weighted by Crippen LogP contribution is 2.38. The second-order valence-electron chi connectivity index (χ2n) is 10.0. The number of hydrogen-bond acceptors (Lipinski definition) is 7. The predicted octanol–water partition coefficient (Wildman–Crippen LogP) is 4.38. The van der Waals surface area contributed by atoms with Gasteiger partial charge in [-0.1, -0.05) is 20.8 Å². The monoisotopic (exact) mass is 457 g/mol. The molecule has 2 aromatic heterocycles. The van der Waals surface area contributed by atoms with Gasteiger partial charge < -0.3 is 19.0 Å². The van der Waals surface area contributed by atoms with Crippen molar-refractivity contribution in [3.05, 3.63) is 47.8 Å². The number of methoxy groups -OCH3 is 1. The van der Waals surface area contributed by atoms with Crippen molar-refractivity contribution in [2.24, 2.45) is 5.92 Å². The van der Waals surface area contributed by atoms with Crippen molar-refractivity contribution < 1.29 is 13.6 Å². The summed E-state index contributed by atoms with van der Waals surface area (Å²) in [5, 5.41) is 0.0803. The average Bonchev–Trinajstić information content (AvgIpc) is 3.31. The molecule has 1 unspecified atom stereocenters. The van der Waals surface area contributed by atoms with Crippen molar-refractivity contribution in [1.29, 1.82) is 0 Å². The number of fused-ring (bicyclic) bond motifs is 1. The average molecular weight is 458 g/mol. The van der Waals surface area contributed by atoms with Crippen molar-refractivity contribution in [1.82, 2.24) is 15.0 Å². The molecule has 2 aliphatic rings. The molecule has 0 aliphatic carbocycles. The molecule has 4 rings (SSSR count). The lowest BCUT2D eigenvalue weighted by Crippen LogP contribution is -2.40. The maximum atomic E-state index is 15.3. The number of nitrogens with zero attached hydrogens (tertiary/aromatic N) is 5. The van der Waals surface area contributed by atoms with Crippen LogP contribution in [-0.2, 0) is 11.0 Å². The Bertz CT molecular complexity index is 1010. The third kappa shape index (κ3) is 4.36. The van der Waals surface area contributed by atoms with Crippen molar-refractivity contribution in [3.8, 4) is 6.01 Å². The number of aromatic nitrogens is 3. The number of hydrogen-bond donors (Lipinski definition) is 0. The Labute approximate surface area is 190 Å². The normalized spacial score (nSPS) is 18.7. The van der Waals surface area contributed by atoms with Gasteiger partial charge in [0.1, 0.15) is 0 Å². The van der Waals surface area contributed by atoms with Gasteiger partial charge in [0.15, 0.2) is 20.0 Å². The summed E-state index contributed by atoms with van der Waals surface area (Å²) in [6.07, 6.45) is 7.27. The molecule has 0 N–H and O–H groups in total. The number of halogens is 1. The van der Waals surface area contributed by atoms with Crippen molar-refractivity contribution in [3.63, 3.8) is 0 Å². The van der Waals surface area contributed by atoms with Gasteiger partial charge in [-0.15, -0.1) is 0 Å². The Morgan fingerprint density at radius 1 is 1.16 bits per heavy atom. The van der Waals surface area contributed by atoms with Gasteiger partial charge in [0.25, 0.3) is 0 Å². The molecule has 0 spiro atoms. The third-order valence-electron chi connectivity index (χ3n) is 6.86. The van der Waals surface area contributed by atoms with E-state index in [0.29, 0.717) is 29.9 Å². The van der Waals surface area contributed by atoms with Crippen molar-refractivity contribution >= 4 is 19.8 Å². The largest absolute Gasteiger partial charge is 0.467 e. The summed E-state index contributed by atoms with van der Waals surface area (Å²) in [6, 6.07) is 2.08. The highest BCUT2D eigenvalue weighted by Gasteiger charge is 2.38. The number of rotatable bonds is 6. The predicted molar refractivity (Wildman–Crippen MR) is 126 cm³/mol. The molecule has 0 amide bonds. The highest BCUT2D eigenvalue weighted by atomic mass is 28.4. The fourth-order valence-corrected chi connectivity index (χ4v) is 4.74. The topological polar surface area (TPSA) is 63.6 Å². The molecule has 172 valence electrons. The molecule has 4 heterocycles. The maximum Gasteiger partial charge on any atom is 0.316 e. The highest BCUT2D eigenvalue weighted by molar-refractivity contribution is 6.74. The second-order valence-corrected chi connectivity index (χ2v) is 14.8. The summed E-state index contributed by atoms with van der Waals surface area (Å²) in [6.45, 7) is 13.5. The molecule has 1 atom stereocenters. The van der Waals surface area contributed by atoms with Gasteiger partial charge >= 0.3 is 6.01 Å². The van der Waals surface area contributed by atoms with Crippen LogP contribution >= 0.6 is 0 Å². The van der Waals surface area contributed by atoms with E-state index >= 15 is 4.39 Å². The van der Waals surface area contributed by atoms with Crippen LogP contribution in [0.2, 0.25) is 18.1 Å². The fraction of sp³-hybridized carbons (Fsp3) is 0.522. The third-order valence-corrected chi connectivity index (χ3v) is 11.3. The SMILES string of the molecule is COc1ncc(N2CC3=CN(c4nccc(CO[Si](C)(C)C(C)(C)C)c4F)CC3C2)cn1. The summed E-state index contributed by atoms with van der Waals surface area (Å²) in [5.41, 5.74) is 2.79. The summed E-state index contributed by atoms with van der Waals surface area (Å²) in [5.74, 6) is 0.413. The quantitative estimate of drug-likeness (QED) is 0.597. The van der Waals surface area contributed by atoms with Crippen LogP contribution in [0.4, 0.5) is 15.9 Å². The molecule has 0 bridgehead atoms. The van der Waals surface area contributed by atoms with Gasteiger partial charge in [0.05, 0.1) is 31.8 Å². The van der Waals surface area contributed by atoms with Gasteiger partial charge in [0.2, 0.25) is 0 Å². The first-order chi connectivity index (χ1) is 15.1. The molecule has 0 aromatic carbocycles. The molecule has 9 heteroatoms. The van der Waals surface area contributed by atoms with Crippen LogP contribution in [0.1, 0.15) is 26.3 Å². The Balaban J connectivity index is 1.46. The molecule has 32 heavy (non-hydrogen) atoms. The molecule has 1 saturated heterocycles. The van der Waals surface area contributed by atoms with Gasteiger partial charge in [-0.2, -0.15) is 0 Å². The van der Waals surface area contributed by atoms with Crippen LogP contribution in [0.3, 0.4) is 0 Å². The number of anilines is 2. The van der Waals surface area contributed by atoms with E-state index in [9.17, 15) is 0 Å². The lowest BCUT2D eigenvalue weighted by Gasteiger charge is -2.36. The van der Waals surface area contributed by atoms with E-state index in [4.69, 9.17) is 9.16 Å². The standard InChI is InChI=1S/C23H32FN5O2Si/c1-23(2,3)32(5,6)31-15-16-7-8-25-21(20(16)24)29-13-17-11-28(12-18(17)14-29)19-9-26-22(30-4)27-10-19/h7-10,13,18H,11-12,14-15H2,1-6H3. The van der Waals surface area contributed by atoms with Crippen LogP contribution in [0.15, 0.2) is 36.4 Å². The first-order valence-corrected chi connectivity index (χ1v) is 13.9. The van der Waals surface area contributed by atoms with Gasteiger partial charge in [-0.05, 0) is 29.8 Å². The van der Waals surface area contributed by atoms with Crippen LogP contribution < -0.4 is 14.5 Å². The van der Waals surface area contributed by atoms with E-state index in [2.05, 4.69) is 53.7 Å². The minimum Gasteiger partial charge on any atom is -0.467 e. The zero-order chi connectivity index (χ0) is 23.1. The zero-order valence-corrected chi connectivity index (χ0v) is 20.7. The Morgan fingerprint density at radius 2 is 1.88 bits per heavy atom. The van der Waals surface area contributed by atoms with E-state index in [1.54, 1.807) is 31.8 Å². The van der Waals surface area contributed by atoms with Crippen LogP contribution in [-0.4, -0.2) is 50.0 Å². The molecule has 7 nitrogen and oxygen atoms in total. The van der Waals surface area contributed by atoms with Crippen molar-refractivity contribution in [2.45, 2.75) is 45.5 Å². The Hall–Kier alpha value is -2.52. The van der Waals surface area contributed by atoms with E-state index in [-0.39, 0.29) is 17.5 Å². The molecule has 2 aliphatic heterocycles. The Morgan fingerprint density at radius 3 is 2.50 bits per heavy atom. The number of ether oxygens (including phenoxy) is 1. The molecule has 2 aromatic rings. The first-order valence-electron chi connectivity index (χ1n) is 10.9. The van der Waals surface area contributed by atoms with Crippen LogP contribution in [0.5, 0.6) is 6.01 Å². The van der Waals surface area contributed by atoms with Gasteiger partial charge in [-0.25, -0.2) is 19.3 Å². The first kappa shape index (κ1) is 22.7.